The number of nitrogens with two attached hydrogens (primary N) is 1. The Labute approximate surface area is 131 Å². The molecule has 0 fully saturated rings. The van der Waals surface area contributed by atoms with Gasteiger partial charge in [0.15, 0.2) is 5.96 Å². The van der Waals surface area contributed by atoms with Gasteiger partial charge in [0, 0.05) is 12.7 Å². The van der Waals surface area contributed by atoms with Crippen molar-refractivity contribution >= 4 is 17.6 Å². The van der Waals surface area contributed by atoms with Gasteiger partial charge in [0.05, 0.1) is 13.2 Å². The Hall–Kier alpha value is -1.75. The number of guanidine groups is 1. The second kappa shape index (κ2) is 8.52. The highest BCUT2D eigenvalue weighted by atomic mass is 35.5. The van der Waals surface area contributed by atoms with Gasteiger partial charge in [0.25, 0.3) is 0 Å². The molecular weight excluding hydrogens is 288 g/mol. The molecule has 21 heavy (non-hydrogen) atoms. The zero-order chi connectivity index (χ0) is 15.8. The molecule has 0 aliphatic heterocycles. The summed E-state index contributed by atoms with van der Waals surface area (Å²) >= 11 is 6.14. The summed E-state index contributed by atoms with van der Waals surface area (Å²) in [7, 11) is 0. The molecule has 1 rings (SSSR count). The fraction of sp³-hybridized carbons (Fsp3) is 0.467. The average molecular weight is 311 g/mol. The summed E-state index contributed by atoms with van der Waals surface area (Å²) in [4.78, 5) is 8.42. The highest BCUT2D eigenvalue weighted by Crippen LogP contribution is 2.23. The van der Waals surface area contributed by atoms with Crippen molar-refractivity contribution in [2.75, 3.05) is 13.2 Å². The Morgan fingerprint density at radius 2 is 2.29 bits per heavy atom. The number of nitrogens with zero attached hydrogens (tertiary/aromatic N) is 2. The summed E-state index contributed by atoms with van der Waals surface area (Å²) in [5, 5.41) is 3.44. The zero-order valence-corrected chi connectivity index (χ0v) is 13.6. The third kappa shape index (κ3) is 6.99. The molecule has 1 heterocycles. The minimum atomic E-state index is 0.370. The van der Waals surface area contributed by atoms with Gasteiger partial charge in [-0.15, -0.1) is 0 Å². The Kier molecular flexibility index (Phi) is 7.02. The van der Waals surface area contributed by atoms with E-state index in [1.807, 2.05) is 6.92 Å². The first kappa shape index (κ1) is 17.3. The maximum Gasteiger partial charge on any atom is 0.232 e. The lowest BCUT2D eigenvalue weighted by molar-refractivity contribution is 0.261. The van der Waals surface area contributed by atoms with Crippen molar-refractivity contribution in [3.63, 3.8) is 0 Å². The first-order valence-electron chi connectivity index (χ1n) is 6.84. The molecule has 116 valence electrons. The van der Waals surface area contributed by atoms with E-state index in [-0.39, 0.29) is 0 Å². The monoisotopic (exact) mass is 310 g/mol. The van der Waals surface area contributed by atoms with Crippen LogP contribution in [0.5, 0.6) is 5.88 Å². The van der Waals surface area contributed by atoms with Gasteiger partial charge < -0.3 is 15.8 Å². The molecule has 1 aromatic rings. The molecular formula is C15H23ClN4O. The minimum Gasteiger partial charge on any atom is -0.476 e. The average Bonchev–Trinajstić information content (AvgIpc) is 2.41. The fourth-order valence-corrected chi connectivity index (χ4v) is 1.62. The smallest absolute Gasteiger partial charge is 0.232 e. The van der Waals surface area contributed by atoms with Crippen LogP contribution in [-0.2, 0) is 6.54 Å². The fourth-order valence-electron chi connectivity index (χ4n) is 1.38. The quantitative estimate of drug-likeness (QED) is 0.461. The molecule has 0 bridgehead atoms. The van der Waals surface area contributed by atoms with Crippen LogP contribution in [0.15, 0.2) is 29.4 Å². The van der Waals surface area contributed by atoms with Crippen molar-refractivity contribution in [3.8, 4) is 5.88 Å². The number of hydrogen-bond donors (Lipinski definition) is 2. The Morgan fingerprint density at radius 3 is 2.86 bits per heavy atom. The lowest BCUT2D eigenvalue weighted by Crippen LogP contribution is -2.32. The minimum absolute atomic E-state index is 0.370. The second-order valence-electron chi connectivity index (χ2n) is 5.35. The molecule has 0 amide bonds. The van der Waals surface area contributed by atoms with Crippen molar-refractivity contribution in [1.29, 1.82) is 0 Å². The van der Waals surface area contributed by atoms with E-state index < -0.39 is 0 Å². The predicted molar refractivity (Wildman–Crippen MR) is 87.7 cm³/mol. The maximum absolute atomic E-state index is 6.14. The van der Waals surface area contributed by atoms with Gasteiger partial charge >= 0.3 is 0 Å². The molecule has 6 heteroatoms. The van der Waals surface area contributed by atoms with Crippen LogP contribution in [0.4, 0.5) is 0 Å². The lowest BCUT2D eigenvalue weighted by atomic mass is 10.2. The van der Waals surface area contributed by atoms with Gasteiger partial charge in [-0.05, 0) is 24.5 Å². The summed E-state index contributed by atoms with van der Waals surface area (Å²) < 4.78 is 5.52. The Morgan fingerprint density at radius 1 is 1.57 bits per heavy atom. The van der Waals surface area contributed by atoms with E-state index in [0.717, 1.165) is 11.1 Å². The summed E-state index contributed by atoms with van der Waals surface area (Å²) in [6, 6.07) is 1.79. The van der Waals surface area contributed by atoms with E-state index in [0.29, 0.717) is 42.5 Å². The predicted octanol–water partition coefficient (Wildman–Crippen LogP) is 2.75. The molecule has 5 nitrogen and oxygen atoms in total. The van der Waals surface area contributed by atoms with Gasteiger partial charge in [-0.2, -0.15) is 0 Å². The van der Waals surface area contributed by atoms with Crippen LogP contribution in [-0.4, -0.2) is 24.1 Å². The number of hydrogen-bond acceptors (Lipinski definition) is 3. The second-order valence-corrected chi connectivity index (χ2v) is 5.75. The number of aliphatic imine (C=N–C) groups is 1. The van der Waals surface area contributed by atoms with Gasteiger partial charge in [-0.25, -0.2) is 9.98 Å². The van der Waals surface area contributed by atoms with Crippen molar-refractivity contribution in [1.82, 2.24) is 10.3 Å². The molecule has 0 radical (unpaired) electrons. The Balaban J connectivity index is 2.59. The van der Waals surface area contributed by atoms with E-state index in [1.54, 1.807) is 12.3 Å². The topological polar surface area (TPSA) is 72.5 Å². The van der Waals surface area contributed by atoms with Crippen LogP contribution in [0.25, 0.3) is 0 Å². The number of nitrogens with one attached hydrogen (secondary N) is 1. The SMILES string of the molecule is C=C(C)CNC(N)=NCc1cnc(OCC(C)C)c(Cl)c1. The van der Waals surface area contributed by atoms with E-state index in [2.05, 4.69) is 35.7 Å². The largest absolute Gasteiger partial charge is 0.476 e. The third-order valence-corrected chi connectivity index (χ3v) is 2.69. The standard InChI is InChI=1S/C15H23ClN4O/c1-10(2)6-19-15(17)20-8-12-5-13(16)14(18-7-12)21-9-11(3)4/h5,7,11H,1,6,8-9H2,2-4H3,(H3,17,19,20). The number of aromatic nitrogens is 1. The highest BCUT2D eigenvalue weighted by Gasteiger charge is 2.06. The van der Waals surface area contributed by atoms with E-state index >= 15 is 0 Å². The van der Waals surface area contributed by atoms with Gasteiger partial charge in [0.1, 0.15) is 5.02 Å². The number of halogens is 1. The Bertz CT molecular complexity index is 514. The summed E-state index contributed by atoms with van der Waals surface area (Å²) in [5.41, 5.74) is 7.60. The summed E-state index contributed by atoms with van der Waals surface area (Å²) in [6.45, 7) is 11.4. The molecule has 0 saturated carbocycles. The highest BCUT2D eigenvalue weighted by molar-refractivity contribution is 6.31. The summed E-state index contributed by atoms with van der Waals surface area (Å²) in [6.07, 6.45) is 1.69. The molecule has 1 aromatic heterocycles. The van der Waals surface area contributed by atoms with Crippen molar-refractivity contribution < 1.29 is 4.74 Å². The van der Waals surface area contributed by atoms with Crippen molar-refractivity contribution in [2.24, 2.45) is 16.6 Å². The summed E-state index contributed by atoms with van der Waals surface area (Å²) in [5.74, 6) is 1.24. The molecule has 0 aliphatic carbocycles. The van der Waals surface area contributed by atoms with Gasteiger partial charge in [-0.3, -0.25) is 0 Å². The van der Waals surface area contributed by atoms with Crippen LogP contribution < -0.4 is 15.8 Å². The van der Waals surface area contributed by atoms with Crippen molar-refractivity contribution in [3.05, 3.63) is 35.0 Å². The molecule has 0 unspecified atom stereocenters. The molecule has 0 atom stereocenters. The molecule has 0 aliphatic rings. The van der Waals surface area contributed by atoms with E-state index in [9.17, 15) is 0 Å². The van der Waals surface area contributed by atoms with E-state index in [4.69, 9.17) is 22.1 Å². The van der Waals surface area contributed by atoms with Crippen LogP contribution in [0.2, 0.25) is 5.02 Å². The van der Waals surface area contributed by atoms with Crippen molar-refractivity contribution in [2.45, 2.75) is 27.3 Å². The zero-order valence-electron chi connectivity index (χ0n) is 12.8. The van der Waals surface area contributed by atoms with Crippen LogP contribution in [0.1, 0.15) is 26.3 Å². The molecule has 0 spiro atoms. The molecule has 0 aromatic carbocycles. The normalized spacial score (nSPS) is 11.6. The first-order chi connectivity index (χ1) is 9.88. The molecule has 0 saturated heterocycles. The lowest BCUT2D eigenvalue weighted by Gasteiger charge is -2.10. The number of pyridine rings is 1. The number of rotatable bonds is 7. The number of ether oxygens (including phenoxy) is 1. The first-order valence-corrected chi connectivity index (χ1v) is 7.21. The van der Waals surface area contributed by atoms with Crippen LogP contribution >= 0.6 is 11.6 Å². The molecule has 3 N–H and O–H groups in total. The maximum atomic E-state index is 6.14. The van der Waals surface area contributed by atoms with Gasteiger partial charge in [0.2, 0.25) is 5.88 Å². The van der Waals surface area contributed by atoms with E-state index in [1.165, 1.54) is 0 Å². The van der Waals surface area contributed by atoms with Crippen LogP contribution in [0.3, 0.4) is 0 Å². The third-order valence-electron chi connectivity index (χ3n) is 2.42. The van der Waals surface area contributed by atoms with Gasteiger partial charge in [-0.1, -0.05) is 37.6 Å². The van der Waals surface area contributed by atoms with Crippen LogP contribution in [0, 0.1) is 5.92 Å².